The molecule has 0 aliphatic carbocycles. The van der Waals surface area contributed by atoms with Crippen molar-refractivity contribution in [2.24, 2.45) is 14.1 Å². The molecule has 2 rings (SSSR count). The molecule has 6 nitrogen and oxygen atoms in total. The molecule has 0 fully saturated rings. The standard InChI is InChI=1S/C18H26N4O2/c1-20(12-10-14-6-8-15(19)9-7-14)11-4-5-16-13-17(23)22(3)18(24)21(16)2/h6-9,13H,4-5,10-12,19H2,1-3H3. The SMILES string of the molecule is CN(CCCc1cc(=O)n(C)c(=O)n1C)CCc1ccc(N)cc1. The summed E-state index contributed by atoms with van der Waals surface area (Å²) in [6.07, 6.45) is 2.59. The first-order chi connectivity index (χ1) is 11.4. The number of aromatic nitrogens is 2. The van der Waals surface area contributed by atoms with Crippen LogP contribution < -0.4 is 17.0 Å². The Kier molecular flexibility index (Phi) is 5.98. The van der Waals surface area contributed by atoms with Crippen molar-refractivity contribution in [2.45, 2.75) is 19.3 Å². The van der Waals surface area contributed by atoms with E-state index in [1.54, 1.807) is 17.7 Å². The molecule has 0 radical (unpaired) electrons. The maximum atomic E-state index is 11.9. The van der Waals surface area contributed by atoms with Gasteiger partial charge in [-0.05, 0) is 50.6 Å². The monoisotopic (exact) mass is 330 g/mol. The van der Waals surface area contributed by atoms with Crippen molar-refractivity contribution in [1.82, 2.24) is 14.0 Å². The summed E-state index contributed by atoms with van der Waals surface area (Å²) in [5.41, 5.74) is 8.01. The van der Waals surface area contributed by atoms with Gasteiger partial charge in [-0.15, -0.1) is 0 Å². The summed E-state index contributed by atoms with van der Waals surface area (Å²) >= 11 is 0. The Labute approximate surface area is 142 Å². The Hall–Kier alpha value is -2.34. The topological polar surface area (TPSA) is 73.3 Å². The van der Waals surface area contributed by atoms with Gasteiger partial charge in [-0.3, -0.25) is 9.36 Å². The molecule has 0 aliphatic heterocycles. The number of hydrogen-bond donors (Lipinski definition) is 1. The van der Waals surface area contributed by atoms with E-state index in [4.69, 9.17) is 5.73 Å². The second-order valence-electron chi connectivity index (χ2n) is 6.27. The number of anilines is 1. The highest BCUT2D eigenvalue weighted by atomic mass is 16.2. The van der Waals surface area contributed by atoms with Crippen molar-refractivity contribution in [1.29, 1.82) is 0 Å². The van der Waals surface area contributed by atoms with Gasteiger partial charge in [-0.2, -0.15) is 0 Å². The zero-order valence-corrected chi connectivity index (χ0v) is 14.7. The lowest BCUT2D eigenvalue weighted by molar-refractivity contribution is 0.332. The fourth-order valence-corrected chi connectivity index (χ4v) is 2.66. The van der Waals surface area contributed by atoms with Gasteiger partial charge in [0, 0.05) is 38.1 Å². The summed E-state index contributed by atoms with van der Waals surface area (Å²) in [6, 6.07) is 9.50. The molecular weight excluding hydrogens is 304 g/mol. The highest BCUT2D eigenvalue weighted by molar-refractivity contribution is 5.39. The molecule has 0 amide bonds. The maximum absolute atomic E-state index is 11.9. The molecular formula is C18H26N4O2. The van der Waals surface area contributed by atoms with E-state index in [0.29, 0.717) is 6.42 Å². The Bertz CT molecular complexity index is 790. The number of hydrogen-bond acceptors (Lipinski definition) is 4. The van der Waals surface area contributed by atoms with Crippen LogP contribution in [-0.4, -0.2) is 34.2 Å². The molecule has 1 aromatic heterocycles. The minimum atomic E-state index is -0.269. The quantitative estimate of drug-likeness (QED) is 0.761. The van der Waals surface area contributed by atoms with E-state index >= 15 is 0 Å². The van der Waals surface area contributed by atoms with Crippen molar-refractivity contribution in [3.8, 4) is 0 Å². The largest absolute Gasteiger partial charge is 0.399 e. The molecule has 1 aromatic carbocycles. The summed E-state index contributed by atoms with van der Waals surface area (Å²) in [5, 5.41) is 0. The van der Waals surface area contributed by atoms with Crippen LogP contribution >= 0.6 is 0 Å². The van der Waals surface area contributed by atoms with Gasteiger partial charge < -0.3 is 15.2 Å². The highest BCUT2D eigenvalue weighted by Crippen LogP contribution is 2.07. The van der Waals surface area contributed by atoms with Crippen LogP contribution in [0.1, 0.15) is 17.7 Å². The molecule has 6 heteroatoms. The molecule has 2 N–H and O–H groups in total. The third kappa shape index (κ3) is 4.58. The molecule has 0 unspecified atom stereocenters. The molecule has 130 valence electrons. The Morgan fingerprint density at radius 3 is 2.33 bits per heavy atom. The van der Waals surface area contributed by atoms with Crippen molar-refractivity contribution in [3.05, 3.63) is 62.4 Å². The number of nitrogens with zero attached hydrogens (tertiary/aromatic N) is 3. The lowest BCUT2D eigenvalue weighted by Crippen LogP contribution is -2.38. The number of rotatable bonds is 7. The van der Waals surface area contributed by atoms with Gasteiger partial charge in [0.15, 0.2) is 0 Å². The van der Waals surface area contributed by atoms with Gasteiger partial charge in [0.1, 0.15) is 0 Å². The first-order valence-electron chi connectivity index (χ1n) is 8.17. The molecule has 0 saturated heterocycles. The number of benzene rings is 1. The van der Waals surface area contributed by atoms with Gasteiger partial charge >= 0.3 is 5.69 Å². The normalized spacial score (nSPS) is 11.2. The molecule has 1 heterocycles. The molecule has 0 atom stereocenters. The molecule has 0 bridgehead atoms. The van der Waals surface area contributed by atoms with E-state index in [2.05, 4.69) is 24.1 Å². The van der Waals surface area contributed by atoms with Gasteiger partial charge in [0.25, 0.3) is 5.56 Å². The van der Waals surface area contributed by atoms with E-state index in [0.717, 1.165) is 41.9 Å². The van der Waals surface area contributed by atoms with Crippen molar-refractivity contribution < 1.29 is 0 Å². The van der Waals surface area contributed by atoms with E-state index in [1.807, 2.05) is 12.1 Å². The van der Waals surface area contributed by atoms with E-state index in [1.165, 1.54) is 12.6 Å². The Morgan fingerprint density at radius 1 is 1.00 bits per heavy atom. The minimum absolute atomic E-state index is 0.246. The molecule has 0 spiro atoms. The molecule has 0 saturated carbocycles. The van der Waals surface area contributed by atoms with Gasteiger partial charge in [-0.1, -0.05) is 12.1 Å². The second-order valence-corrected chi connectivity index (χ2v) is 6.27. The van der Waals surface area contributed by atoms with Crippen LogP contribution in [0.5, 0.6) is 0 Å². The van der Waals surface area contributed by atoms with Crippen LogP contribution in [0, 0.1) is 0 Å². The summed E-state index contributed by atoms with van der Waals surface area (Å²) in [7, 11) is 5.29. The third-order valence-corrected chi connectivity index (χ3v) is 4.36. The number of likely N-dealkylation sites (N-methyl/N-ethyl adjacent to an activating group) is 1. The van der Waals surface area contributed by atoms with Crippen LogP contribution in [0.15, 0.2) is 39.9 Å². The zero-order valence-electron chi connectivity index (χ0n) is 14.7. The number of nitrogen functional groups attached to an aromatic ring is 1. The minimum Gasteiger partial charge on any atom is -0.399 e. The summed E-state index contributed by atoms with van der Waals surface area (Å²) in [5.74, 6) is 0. The summed E-state index contributed by atoms with van der Waals surface area (Å²) in [4.78, 5) is 25.9. The van der Waals surface area contributed by atoms with Gasteiger partial charge in [-0.25, -0.2) is 4.79 Å². The molecule has 0 aliphatic rings. The number of nitrogens with two attached hydrogens (primary N) is 1. The van der Waals surface area contributed by atoms with Crippen molar-refractivity contribution >= 4 is 5.69 Å². The fourth-order valence-electron chi connectivity index (χ4n) is 2.66. The molecule has 2 aromatic rings. The number of aryl methyl sites for hydroxylation is 1. The smallest absolute Gasteiger partial charge is 0.330 e. The van der Waals surface area contributed by atoms with Gasteiger partial charge in [0.2, 0.25) is 0 Å². The van der Waals surface area contributed by atoms with Crippen LogP contribution in [0.2, 0.25) is 0 Å². The fraction of sp³-hybridized carbons (Fsp3) is 0.444. The maximum Gasteiger partial charge on any atom is 0.330 e. The first-order valence-corrected chi connectivity index (χ1v) is 8.17. The van der Waals surface area contributed by atoms with Crippen LogP contribution in [0.25, 0.3) is 0 Å². The van der Waals surface area contributed by atoms with Crippen molar-refractivity contribution in [3.63, 3.8) is 0 Å². The predicted octanol–water partition coefficient (Wildman–Crippen LogP) is 0.773. The van der Waals surface area contributed by atoms with Crippen LogP contribution in [0.4, 0.5) is 5.69 Å². The summed E-state index contributed by atoms with van der Waals surface area (Å²) < 4.78 is 2.68. The van der Waals surface area contributed by atoms with E-state index in [-0.39, 0.29) is 11.2 Å². The first kappa shape index (κ1) is 18.0. The van der Waals surface area contributed by atoms with Crippen molar-refractivity contribution in [2.75, 3.05) is 25.9 Å². The predicted molar refractivity (Wildman–Crippen MR) is 97.3 cm³/mol. The highest BCUT2D eigenvalue weighted by Gasteiger charge is 2.06. The Morgan fingerprint density at radius 2 is 1.67 bits per heavy atom. The second kappa shape index (κ2) is 7.97. The lowest BCUT2D eigenvalue weighted by Gasteiger charge is -2.17. The Balaban J connectivity index is 1.82. The lowest BCUT2D eigenvalue weighted by atomic mass is 10.1. The average Bonchev–Trinajstić information content (AvgIpc) is 2.57. The third-order valence-electron chi connectivity index (χ3n) is 4.36. The summed E-state index contributed by atoms with van der Waals surface area (Å²) in [6.45, 7) is 1.87. The van der Waals surface area contributed by atoms with E-state index < -0.39 is 0 Å². The molecule has 24 heavy (non-hydrogen) atoms. The van der Waals surface area contributed by atoms with Crippen LogP contribution in [0.3, 0.4) is 0 Å². The zero-order chi connectivity index (χ0) is 17.7. The van der Waals surface area contributed by atoms with Crippen LogP contribution in [-0.2, 0) is 26.9 Å². The van der Waals surface area contributed by atoms with E-state index in [9.17, 15) is 9.59 Å². The average molecular weight is 330 g/mol. The van der Waals surface area contributed by atoms with Gasteiger partial charge in [0.05, 0.1) is 0 Å².